The lowest BCUT2D eigenvalue weighted by molar-refractivity contribution is -0.112. The number of hydrogen-bond acceptors (Lipinski definition) is 4. The van der Waals surface area contributed by atoms with E-state index < -0.39 is 5.91 Å². The Balaban J connectivity index is 2.27. The van der Waals surface area contributed by atoms with Crippen molar-refractivity contribution in [3.05, 3.63) is 59.2 Å². The number of hydrogen-bond donors (Lipinski definition) is 1. The molecule has 1 amide bonds. The number of nitrogens with one attached hydrogen (secondary N) is 1. The first-order chi connectivity index (χ1) is 12.8. The predicted octanol–water partition coefficient (Wildman–Crippen LogP) is 5.31. The first-order valence-electron chi connectivity index (χ1n) is 7.53. The zero-order valence-electron chi connectivity index (χ0n) is 14.0. The van der Waals surface area contributed by atoms with Crippen LogP contribution in [0.4, 0.5) is 5.69 Å². The molecule has 0 radical (unpaired) electrons. The van der Waals surface area contributed by atoms with Gasteiger partial charge in [-0.25, -0.2) is 0 Å². The Labute approximate surface area is 189 Å². The monoisotopic (exact) mass is 603 g/mol. The predicted molar refractivity (Wildman–Crippen MR) is 121 cm³/mol. The van der Waals surface area contributed by atoms with Crippen LogP contribution in [0.25, 0.3) is 6.08 Å². The number of nitrogens with zero attached hydrogens (tertiary/aromatic N) is 2. The van der Waals surface area contributed by atoms with Crippen molar-refractivity contribution in [2.45, 2.75) is 6.92 Å². The van der Waals surface area contributed by atoms with Crippen LogP contribution >= 0.6 is 56.8 Å². The van der Waals surface area contributed by atoms with Crippen molar-refractivity contribution in [2.75, 3.05) is 11.9 Å². The molecule has 0 aromatic heterocycles. The van der Waals surface area contributed by atoms with Gasteiger partial charge in [-0.3, -0.25) is 4.79 Å². The third-order valence-electron chi connectivity index (χ3n) is 3.41. The molecule has 0 saturated heterocycles. The van der Waals surface area contributed by atoms with Crippen LogP contribution in [0.15, 0.2) is 35.9 Å². The minimum Gasteiger partial charge on any atom is -0.477 e. The maximum absolute atomic E-state index is 12.4. The van der Waals surface area contributed by atoms with E-state index in [1.807, 2.05) is 19.1 Å². The molecule has 0 spiro atoms. The molecule has 136 valence electrons. The van der Waals surface area contributed by atoms with Crippen molar-refractivity contribution in [3.63, 3.8) is 0 Å². The van der Waals surface area contributed by atoms with Gasteiger partial charge in [0.05, 0.1) is 7.14 Å². The Hall–Kier alpha value is -1.82. The summed E-state index contributed by atoms with van der Waals surface area (Å²) in [4.78, 5) is 12.4. The number of amides is 1. The molecule has 0 bridgehead atoms. The lowest BCUT2D eigenvalue weighted by Crippen LogP contribution is -2.13. The van der Waals surface area contributed by atoms with Crippen molar-refractivity contribution < 1.29 is 9.53 Å². The van der Waals surface area contributed by atoms with Crippen molar-refractivity contribution in [3.8, 4) is 17.9 Å². The number of nitriles is 2. The maximum atomic E-state index is 12.4. The van der Waals surface area contributed by atoms with Gasteiger partial charge in [-0.15, -0.1) is 0 Å². The second-order valence-corrected chi connectivity index (χ2v) is 8.08. The van der Waals surface area contributed by atoms with Crippen LogP contribution in [0.5, 0.6) is 5.75 Å². The van der Waals surface area contributed by atoms with Gasteiger partial charge in [0, 0.05) is 10.7 Å². The molecule has 0 saturated carbocycles. The number of carbonyl (C=O) groups excluding carboxylic acids is 1. The summed E-state index contributed by atoms with van der Waals surface area (Å²) < 4.78 is 6.96. The van der Waals surface area contributed by atoms with Gasteiger partial charge in [-0.1, -0.05) is 17.7 Å². The third kappa shape index (κ3) is 5.83. The molecule has 0 atom stereocenters. The van der Waals surface area contributed by atoms with Gasteiger partial charge in [-0.05, 0) is 93.6 Å². The Bertz CT molecular complexity index is 984. The highest BCUT2D eigenvalue weighted by Crippen LogP contribution is 2.30. The second kappa shape index (κ2) is 9.93. The quantitative estimate of drug-likeness (QED) is 0.286. The summed E-state index contributed by atoms with van der Waals surface area (Å²) in [5, 5.41) is 21.2. The van der Waals surface area contributed by atoms with E-state index in [4.69, 9.17) is 21.6 Å². The largest absolute Gasteiger partial charge is 0.477 e. The van der Waals surface area contributed by atoms with Crippen LogP contribution in [0.2, 0.25) is 5.02 Å². The molecule has 0 heterocycles. The normalized spacial score (nSPS) is 10.7. The van der Waals surface area contributed by atoms with Crippen molar-refractivity contribution in [1.29, 1.82) is 10.5 Å². The fourth-order valence-electron chi connectivity index (χ4n) is 2.09. The number of carbonyl (C=O) groups is 1. The number of ether oxygens (including phenoxy) is 1. The van der Waals surface area contributed by atoms with E-state index in [1.165, 1.54) is 6.08 Å². The van der Waals surface area contributed by atoms with Gasteiger partial charge in [0.1, 0.15) is 23.5 Å². The van der Waals surface area contributed by atoms with E-state index in [9.17, 15) is 10.1 Å². The van der Waals surface area contributed by atoms with Crippen molar-refractivity contribution in [2.24, 2.45) is 0 Å². The summed E-state index contributed by atoms with van der Waals surface area (Å²) in [6.07, 6.45) is 1.50. The molecular weight excluding hydrogens is 591 g/mol. The molecule has 0 aliphatic rings. The minimum atomic E-state index is -0.521. The van der Waals surface area contributed by atoms with Crippen molar-refractivity contribution >= 4 is 74.5 Å². The van der Waals surface area contributed by atoms with E-state index in [1.54, 1.807) is 30.3 Å². The number of aryl methyl sites for hydroxylation is 1. The van der Waals surface area contributed by atoms with Crippen LogP contribution in [0.3, 0.4) is 0 Å². The topological polar surface area (TPSA) is 85.9 Å². The van der Waals surface area contributed by atoms with Crippen LogP contribution in [-0.4, -0.2) is 12.5 Å². The van der Waals surface area contributed by atoms with Crippen LogP contribution in [0, 0.1) is 36.7 Å². The minimum absolute atomic E-state index is 0.0380. The molecule has 8 heteroatoms. The molecule has 2 rings (SSSR count). The van der Waals surface area contributed by atoms with Crippen LogP contribution in [-0.2, 0) is 4.79 Å². The van der Waals surface area contributed by atoms with E-state index in [-0.39, 0.29) is 12.2 Å². The van der Waals surface area contributed by atoms with Gasteiger partial charge in [-0.2, -0.15) is 10.5 Å². The lowest BCUT2D eigenvalue weighted by atomic mass is 10.1. The van der Waals surface area contributed by atoms with Gasteiger partial charge in [0.2, 0.25) is 0 Å². The lowest BCUT2D eigenvalue weighted by Gasteiger charge is -2.09. The molecule has 1 N–H and O–H groups in total. The fraction of sp³-hybridized carbons (Fsp3) is 0.105. The SMILES string of the molecule is Cc1ccc(NC(=O)/C(C#N)=C\c2cc(I)c(OCC#N)c(I)c2)cc1Cl. The fourth-order valence-corrected chi connectivity index (χ4v) is 4.40. The molecule has 5 nitrogen and oxygen atoms in total. The van der Waals surface area contributed by atoms with E-state index >= 15 is 0 Å². The Morgan fingerprint density at radius 1 is 1.26 bits per heavy atom. The molecule has 2 aromatic rings. The highest BCUT2D eigenvalue weighted by Gasteiger charge is 2.13. The molecule has 2 aromatic carbocycles. The zero-order valence-corrected chi connectivity index (χ0v) is 19.1. The molecule has 0 aliphatic carbocycles. The Kier molecular flexibility index (Phi) is 7.90. The number of anilines is 1. The molecule has 0 unspecified atom stereocenters. The molecular formula is C19H12ClI2N3O2. The maximum Gasteiger partial charge on any atom is 0.266 e. The van der Waals surface area contributed by atoms with Gasteiger partial charge >= 0.3 is 0 Å². The smallest absolute Gasteiger partial charge is 0.266 e. The van der Waals surface area contributed by atoms with E-state index in [2.05, 4.69) is 50.5 Å². The van der Waals surface area contributed by atoms with Gasteiger partial charge in [0.15, 0.2) is 6.61 Å². The summed E-state index contributed by atoms with van der Waals surface area (Å²) in [6, 6.07) is 12.6. The zero-order chi connectivity index (χ0) is 20.0. The number of halogens is 3. The van der Waals surface area contributed by atoms with Gasteiger partial charge in [0.25, 0.3) is 5.91 Å². The van der Waals surface area contributed by atoms with Gasteiger partial charge < -0.3 is 10.1 Å². The summed E-state index contributed by atoms with van der Waals surface area (Å²) >= 11 is 10.2. The standard InChI is InChI=1S/C19H12ClI2N3O2/c1-11-2-3-14(9-15(11)20)25-19(26)13(10-24)6-12-7-16(21)18(17(22)8-12)27-5-4-23/h2-3,6-9H,5H2,1H3,(H,25,26)/b13-6-. The van der Waals surface area contributed by atoms with E-state index in [0.717, 1.165) is 12.7 Å². The second-order valence-electron chi connectivity index (χ2n) is 5.35. The summed E-state index contributed by atoms with van der Waals surface area (Å²) in [6.45, 7) is 1.81. The third-order valence-corrected chi connectivity index (χ3v) is 5.42. The number of rotatable bonds is 5. The van der Waals surface area contributed by atoms with Crippen molar-refractivity contribution in [1.82, 2.24) is 0 Å². The van der Waals surface area contributed by atoms with Crippen LogP contribution < -0.4 is 10.1 Å². The molecule has 0 aliphatic heterocycles. The first-order valence-corrected chi connectivity index (χ1v) is 10.1. The highest BCUT2D eigenvalue weighted by molar-refractivity contribution is 14.1. The summed E-state index contributed by atoms with van der Waals surface area (Å²) in [7, 11) is 0. The Morgan fingerprint density at radius 3 is 2.48 bits per heavy atom. The first kappa shape index (κ1) is 21.5. The number of benzene rings is 2. The van der Waals surface area contributed by atoms with E-state index in [0.29, 0.717) is 22.0 Å². The summed E-state index contributed by atoms with van der Waals surface area (Å²) in [5.41, 5.74) is 2.06. The average Bonchev–Trinajstić information content (AvgIpc) is 2.62. The molecule has 0 fully saturated rings. The average molecular weight is 604 g/mol. The summed E-state index contributed by atoms with van der Waals surface area (Å²) in [5.74, 6) is 0.0828. The molecule has 27 heavy (non-hydrogen) atoms. The Morgan fingerprint density at radius 2 is 1.93 bits per heavy atom. The van der Waals surface area contributed by atoms with Crippen LogP contribution in [0.1, 0.15) is 11.1 Å². The highest BCUT2D eigenvalue weighted by atomic mass is 127.